The molecule has 2 atom stereocenters. The number of para-hydroxylation sites is 1. The largest absolute Gasteiger partial charge is 0.494 e. The summed E-state index contributed by atoms with van der Waals surface area (Å²) in [5, 5.41) is 18.0. The highest BCUT2D eigenvalue weighted by Crippen LogP contribution is 2.37. The molecule has 218 valence electrons. The van der Waals surface area contributed by atoms with Crippen LogP contribution in [0.5, 0.6) is 5.75 Å². The minimum atomic E-state index is -0.295. The molecule has 0 spiro atoms. The quantitative estimate of drug-likeness (QED) is 0.163. The van der Waals surface area contributed by atoms with Crippen LogP contribution < -0.4 is 30.5 Å². The first-order valence-electron chi connectivity index (χ1n) is 14.2. The van der Waals surface area contributed by atoms with Crippen molar-refractivity contribution in [2.45, 2.75) is 52.1 Å². The standard InChI is InChI=1S/C31H47N7O2/c1-8-24-14-10-11-15-27(24)37(6)23(4)22(3)33-31(32)35-26-20-25(34-30(39)9-2)28(21-29(26)40-7)36(5)18-19-38-16-12-13-17-38/h9-11,14-15,20-23H,2,8,12-13,16-19H2,1,3-7H3,(H,34,39)(H3,32,33,35)/t22?,23-/m1/s1. The number of carbonyl (C=O) groups excluding carboxylic acids is 1. The molecular formula is C31H47N7O2. The Morgan fingerprint density at radius 3 is 2.48 bits per heavy atom. The second-order valence-electron chi connectivity index (χ2n) is 10.5. The van der Waals surface area contributed by atoms with Crippen molar-refractivity contribution in [3.63, 3.8) is 0 Å². The summed E-state index contributed by atoms with van der Waals surface area (Å²) in [5.41, 5.74) is 4.54. The van der Waals surface area contributed by atoms with E-state index in [-0.39, 0.29) is 24.0 Å². The number of benzene rings is 2. The lowest BCUT2D eigenvalue weighted by molar-refractivity contribution is -0.111. The summed E-state index contributed by atoms with van der Waals surface area (Å²) in [6.07, 6.45) is 4.71. The van der Waals surface area contributed by atoms with Crippen molar-refractivity contribution in [1.29, 1.82) is 5.41 Å². The molecule has 1 aliphatic rings. The summed E-state index contributed by atoms with van der Waals surface area (Å²) in [5.74, 6) is 0.434. The smallest absolute Gasteiger partial charge is 0.247 e. The fourth-order valence-corrected chi connectivity index (χ4v) is 5.08. The number of aryl methyl sites for hydroxylation is 1. The van der Waals surface area contributed by atoms with E-state index in [1.54, 1.807) is 7.11 Å². The van der Waals surface area contributed by atoms with Crippen LogP contribution in [0.25, 0.3) is 0 Å². The van der Waals surface area contributed by atoms with Gasteiger partial charge in [-0.25, -0.2) is 0 Å². The fraction of sp³-hybridized carbons (Fsp3) is 0.484. The monoisotopic (exact) mass is 549 g/mol. The molecule has 1 fully saturated rings. The number of amides is 1. The molecule has 1 saturated heterocycles. The van der Waals surface area contributed by atoms with Crippen LogP contribution in [0.15, 0.2) is 49.1 Å². The molecule has 9 heteroatoms. The van der Waals surface area contributed by atoms with Crippen LogP contribution in [-0.2, 0) is 11.2 Å². The Morgan fingerprint density at radius 1 is 1.12 bits per heavy atom. The van der Waals surface area contributed by atoms with Crippen LogP contribution in [0.4, 0.5) is 22.7 Å². The Morgan fingerprint density at radius 2 is 1.82 bits per heavy atom. The molecule has 2 aromatic rings. The molecule has 9 nitrogen and oxygen atoms in total. The van der Waals surface area contributed by atoms with Crippen LogP contribution in [-0.4, -0.2) is 76.2 Å². The van der Waals surface area contributed by atoms with Gasteiger partial charge in [-0.05, 0) is 70.0 Å². The number of nitrogens with zero attached hydrogens (tertiary/aromatic N) is 3. The number of carbonyl (C=O) groups is 1. The van der Waals surface area contributed by atoms with Gasteiger partial charge in [0, 0.05) is 51.0 Å². The van der Waals surface area contributed by atoms with Gasteiger partial charge in [-0.15, -0.1) is 0 Å². The first-order valence-corrected chi connectivity index (χ1v) is 14.2. The predicted octanol–water partition coefficient (Wildman–Crippen LogP) is 4.76. The third-order valence-corrected chi connectivity index (χ3v) is 7.84. The van der Waals surface area contributed by atoms with E-state index in [9.17, 15) is 4.79 Å². The molecule has 2 aromatic carbocycles. The number of guanidine groups is 1. The topological polar surface area (TPSA) is 96.0 Å². The zero-order valence-electron chi connectivity index (χ0n) is 25.0. The Labute approximate surface area is 240 Å². The summed E-state index contributed by atoms with van der Waals surface area (Å²) in [6.45, 7) is 14.0. The number of rotatable bonds is 13. The van der Waals surface area contributed by atoms with Gasteiger partial charge in [0.25, 0.3) is 0 Å². The number of hydrogen-bond donors (Lipinski definition) is 4. The van der Waals surface area contributed by atoms with Gasteiger partial charge in [0.15, 0.2) is 5.96 Å². The average Bonchev–Trinajstić information content (AvgIpc) is 3.48. The molecule has 1 unspecified atom stereocenters. The molecule has 1 aliphatic heterocycles. The Kier molecular flexibility index (Phi) is 11.3. The molecule has 3 rings (SSSR count). The number of hydrogen-bond acceptors (Lipinski definition) is 6. The van der Waals surface area contributed by atoms with E-state index in [1.807, 2.05) is 19.2 Å². The Balaban J connectivity index is 1.75. The number of ether oxygens (including phenoxy) is 1. The van der Waals surface area contributed by atoms with Gasteiger partial charge in [0.1, 0.15) is 5.75 Å². The molecule has 1 amide bonds. The number of methoxy groups -OCH3 is 1. The van der Waals surface area contributed by atoms with E-state index < -0.39 is 0 Å². The van der Waals surface area contributed by atoms with Gasteiger partial charge in [-0.2, -0.15) is 0 Å². The van der Waals surface area contributed by atoms with E-state index in [2.05, 4.69) is 89.3 Å². The molecule has 0 saturated carbocycles. The highest BCUT2D eigenvalue weighted by atomic mass is 16.5. The summed E-state index contributed by atoms with van der Waals surface area (Å²) in [4.78, 5) is 19.1. The van der Waals surface area contributed by atoms with Crippen LogP contribution >= 0.6 is 0 Å². The summed E-state index contributed by atoms with van der Waals surface area (Å²) in [7, 11) is 5.71. The number of likely N-dealkylation sites (tertiary alicyclic amines) is 1. The maximum atomic E-state index is 12.3. The van der Waals surface area contributed by atoms with Gasteiger partial charge in [-0.3, -0.25) is 10.2 Å². The van der Waals surface area contributed by atoms with Crippen molar-refractivity contribution in [3.05, 3.63) is 54.6 Å². The first-order chi connectivity index (χ1) is 19.2. The van der Waals surface area contributed by atoms with E-state index in [0.717, 1.165) is 38.3 Å². The normalized spacial score (nSPS) is 14.7. The van der Waals surface area contributed by atoms with Gasteiger partial charge in [0.2, 0.25) is 5.91 Å². The lowest BCUT2D eigenvalue weighted by Crippen LogP contribution is -2.49. The highest BCUT2D eigenvalue weighted by Gasteiger charge is 2.22. The van der Waals surface area contributed by atoms with Crippen molar-refractivity contribution in [3.8, 4) is 5.75 Å². The minimum absolute atomic E-state index is 0.0307. The zero-order valence-corrected chi connectivity index (χ0v) is 25.0. The third kappa shape index (κ3) is 7.91. The number of anilines is 4. The van der Waals surface area contributed by atoms with Crippen LogP contribution in [0, 0.1) is 5.41 Å². The van der Waals surface area contributed by atoms with Gasteiger partial charge < -0.3 is 35.4 Å². The summed E-state index contributed by atoms with van der Waals surface area (Å²) in [6, 6.07) is 12.2. The van der Waals surface area contributed by atoms with Gasteiger partial charge in [0.05, 0.1) is 24.2 Å². The second kappa shape index (κ2) is 14.6. The van der Waals surface area contributed by atoms with Gasteiger partial charge in [-0.1, -0.05) is 31.7 Å². The molecule has 4 N–H and O–H groups in total. The Hall–Kier alpha value is -3.72. The van der Waals surface area contributed by atoms with E-state index in [0.29, 0.717) is 17.1 Å². The molecule has 0 radical (unpaired) electrons. The zero-order chi connectivity index (χ0) is 29.2. The summed E-state index contributed by atoms with van der Waals surface area (Å²) >= 11 is 0. The van der Waals surface area contributed by atoms with E-state index in [1.165, 1.54) is 30.2 Å². The lowest BCUT2D eigenvalue weighted by atomic mass is 10.1. The average molecular weight is 550 g/mol. The third-order valence-electron chi connectivity index (χ3n) is 7.84. The van der Waals surface area contributed by atoms with Crippen LogP contribution in [0.1, 0.15) is 39.2 Å². The maximum absolute atomic E-state index is 12.3. The van der Waals surface area contributed by atoms with Crippen molar-refractivity contribution in [2.24, 2.45) is 0 Å². The van der Waals surface area contributed by atoms with Crippen molar-refractivity contribution in [1.82, 2.24) is 10.2 Å². The molecule has 40 heavy (non-hydrogen) atoms. The van der Waals surface area contributed by atoms with Crippen LogP contribution in [0.3, 0.4) is 0 Å². The molecule has 0 aromatic heterocycles. The predicted molar refractivity (Wildman–Crippen MR) is 168 cm³/mol. The lowest BCUT2D eigenvalue weighted by Gasteiger charge is -2.34. The number of likely N-dealkylation sites (N-methyl/N-ethyl adjacent to an activating group) is 2. The van der Waals surface area contributed by atoms with Crippen molar-refractivity contribution in [2.75, 3.05) is 67.8 Å². The van der Waals surface area contributed by atoms with E-state index in [4.69, 9.17) is 10.1 Å². The van der Waals surface area contributed by atoms with Crippen molar-refractivity contribution >= 4 is 34.6 Å². The number of nitrogens with one attached hydrogen (secondary N) is 4. The van der Waals surface area contributed by atoms with Crippen LogP contribution in [0.2, 0.25) is 0 Å². The van der Waals surface area contributed by atoms with E-state index >= 15 is 0 Å². The Bertz CT molecular complexity index is 1160. The fourth-order valence-electron chi connectivity index (χ4n) is 5.08. The minimum Gasteiger partial charge on any atom is -0.494 e. The maximum Gasteiger partial charge on any atom is 0.247 e. The second-order valence-corrected chi connectivity index (χ2v) is 10.5. The van der Waals surface area contributed by atoms with Crippen molar-refractivity contribution < 1.29 is 9.53 Å². The first kappa shape index (κ1) is 30.8. The molecule has 0 aliphatic carbocycles. The van der Waals surface area contributed by atoms with Gasteiger partial charge >= 0.3 is 0 Å². The summed E-state index contributed by atoms with van der Waals surface area (Å²) < 4.78 is 5.71. The molecule has 0 bridgehead atoms. The molecule has 1 heterocycles. The molecular weight excluding hydrogens is 502 g/mol. The highest BCUT2D eigenvalue weighted by molar-refractivity contribution is 6.03. The SMILES string of the molecule is C=CC(=O)Nc1cc(NC(=N)NC(C)[C@@H](C)N(C)c2ccccc2CC)c(OC)cc1N(C)CCN1CCCC1.